The zero-order valence-corrected chi connectivity index (χ0v) is 11.9. The van der Waals surface area contributed by atoms with E-state index in [9.17, 15) is 4.79 Å². The van der Waals surface area contributed by atoms with Crippen LogP contribution in [0.15, 0.2) is 11.4 Å². The molecule has 1 heterocycles. The number of amides is 1. The van der Waals surface area contributed by atoms with Gasteiger partial charge in [-0.3, -0.25) is 4.79 Å². The Hall–Kier alpha value is -0.870. The molecule has 96 valence electrons. The highest BCUT2D eigenvalue weighted by Gasteiger charge is 2.12. The molecule has 0 saturated heterocycles. The smallest absolute Gasteiger partial charge is 0.236 e. The second kappa shape index (κ2) is 6.77. The van der Waals surface area contributed by atoms with Crippen molar-refractivity contribution in [1.29, 1.82) is 0 Å². The van der Waals surface area contributed by atoms with E-state index in [4.69, 9.17) is 0 Å². The maximum atomic E-state index is 11.7. The van der Waals surface area contributed by atoms with E-state index in [1.165, 1.54) is 10.4 Å². The number of hydrogen-bond acceptors (Lipinski definition) is 3. The molecule has 1 aromatic heterocycles. The highest BCUT2D eigenvalue weighted by atomic mass is 32.1. The van der Waals surface area contributed by atoms with Gasteiger partial charge >= 0.3 is 0 Å². The van der Waals surface area contributed by atoms with Gasteiger partial charge in [0, 0.05) is 18.0 Å². The molecule has 1 amide bonds. The van der Waals surface area contributed by atoms with Gasteiger partial charge in [0.2, 0.25) is 5.91 Å². The van der Waals surface area contributed by atoms with Crippen LogP contribution in [0.1, 0.15) is 31.2 Å². The van der Waals surface area contributed by atoms with Crippen molar-refractivity contribution in [3.8, 4) is 0 Å². The quantitative estimate of drug-likeness (QED) is 0.818. The zero-order valence-electron chi connectivity index (χ0n) is 11.0. The Labute approximate surface area is 108 Å². The van der Waals surface area contributed by atoms with Crippen LogP contribution in [0.3, 0.4) is 0 Å². The lowest BCUT2D eigenvalue weighted by Gasteiger charge is -2.15. The molecule has 0 aliphatic carbocycles. The van der Waals surface area contributed by atoms with E-state index < -0.39 is 0 Å². The minimum atomic E-state index is -0.143. The number of carbonyl (C=O) groups excluding carboxylic acids is 1. The molecule has 1 unspecified atom stereocenters. The minimum absolute atomic E-state index is 0.0768. The van der Waals surface area contributed by atoms with Gasteiger partial charge in [0.15, 0.2) is 0 Å². The lowest BCUT2D eigenvalue weighted by Crippen LogP contribution is -2.42. The second-order valence-corrected chi connectivity index (χ2v) is 5.77. The molecule has 2 N–H and O–H groups in total. The Balaban J connectivity index is 2.31. The monoisotopic (exact) mass is 254 g/mol. The van der Waals surface area contributed by atoms with Crippen molar-refractivity contribution in [2.45, 2.75) is 40.3 Å². The van der Waals surface area contributed by atoms with E-state index in [-0.39, 0.29) is 11.9 Å². The predicted molar refractivity (Wildman–Crippen MR) is 73.2 cm³/mol. The fraction of sp³-hybridized carbons (Fsp3) is 0.615. The molecule has 0 aliphatic rings. The van der Waals surface area contributed by atoms with Crippen molar-refractivity contribution in [2.75, 3.05) is 6.54 Å². The summed E-state index contributed by atoms with van der Waals surface area (Å²) in [7, 11) is 0. The van der Waals surface area contributed by atoms with Gasteiger partial charge in [0.25, 0.3) is 0 Å². The van der Waals surface area contributed by atoms with Crippen molar-refractivity contribution in [1.82, 2.24) is 10.6 Å². The number of aryl methyl sites for hydroxylation is 1. The van der Waals surface area contributed by atoms with E-state index in [0.717, 1.165) is 13.1 Å². The molecular formula is C13H22N2OS. The third kappa shape index (κ3) is 4.88. The van der Waals surface area contributed by atoms with E-state index in [1.54, 1.807) is 11.3 Å². The third-order valence-corrected chi connectivity index (χ3v) is 3.64. The summed E-state index contributed by atoms with van der Waals surface area (Å²) in [6.45, 7) is 9.68. The molecule has 0 aliphatic heterocycles. The SMILES string of the molecule is Cc1ccsc1CNC(C)C(=O)NCC(C)C. The highest BCUT2D eigenvalue weighted by molar-refractivity contribution is 7.10. The van der Waals surface area contributed by atoms with Gasteiger partial charge in [-0.2, -0.15) is 0 Å². The first-order chi connectivity index (χ1) is 8.00. The van der Waals surface area contributed by atoms with Crippen molar-refractivity contribution in [3.05, 3.63) is 21.9 Å². The number of hydrogen-bond donors (Lipinski definition) is 2. The van der Waals surface area contributed by atoms with Crippen LogP contribution in [-0.2, 0) is 11.3 Å². The van der Waals surface area contributed by atoms with Crippen LogP contribution in [0.2, 0.25) is 0 Å². The molecule has 1 atom stereocenters. The molecule has 0 saturated carbocycles. The number of nitrogens with one attached hydrogen (secondary N) is 2. The van der Waals surface area contributed by atoms with Gasteiger partial charge in [-0.15, -0.1) is 11.3 Å². The first-order valence-electron chi connectivity index (χ1n) is 6.04. The van der Waals surface area contributed by atoms with E-state index in [0.29, 0.717) is 5.92 Å². The molecule has 17 heavy (non-hydrogen) atoms. The number of carbonyl (C=O) groups is 1. The van der Waals surface area contributed by atoms with Crippen LogP contribution >= 0.6 is 11.3 Å². The van der Waals surface area contributed by atoms with Crippen molar-refractivity contribution in [2.24, 2.45) is 5.92 Å². The molecule has 0 radical (unpaired) electrons. The maximum absolute atomic E-state index is 11.7. The summed E-state index contributed by atoms with van der Waals surface area (Å²) in [5.74, 6) is 0.568. The molecular weight excluding hydrogens is 232 g/mol. The van der Waals surface area contributed by atoms with Gasteiger partial charge in [-0.05, 0) is 36.8 Å². The Morgan fingerprint density at radius 2 is 2.12 bits per heavy atom. The topological polar surface area (TPSA) is 41.1 Å². The average molecular weight is 254 g/mol. The summed E-state index contributed by atoms with van der Waals surface area (Å²) >= 11 is 1.73. The molecule has 4 heteroatoms. The second-order valence-electron chi connectivity index (χ2n) is 4.77. The highest BCUT2D eigenvalue weighted by Crippen LogP contribution is 2.14. The van der Waals surface area contributed by atoms with E-state index in [2.05, 4.69) is 42.9 Å². The van der Waals surface area contributed by atoms with Gasteiger partial charge in [0.05, 0.1) is 6.04 Å². The fourth-order valence-corrected chi connectivity index (χ4v) is 2.24. The Morgan fingerprint density at radius 3 is 2.65 bits per heavy atom. The lowest BCUT2D eigenvalue weighted by molar-refractivity contribution is -0.122. The summed E-state index contributed by atoms with van der Waals surface area (Å²) in [5, 5.41) is 8.26. The summed E-state index contributed by atoms with van der Waals surface area (Å²) in [6.07, 6.45) is 0. The predicted octanol–water partition coefficient (Wildman–Crippen LogP) is 2.31. The summed E-state index contributed by atoms with van der Waals surface area (Å²) in [5.41, 5.74) is 1.29. The van der Waals surface area contributed by atoms with Crippen LogP contribution < -0.4 is 10.6 Å². The molecule has 3 nitrogen and oxygen atoms in total. The average Bonchev–Trinajstić information content (AvgIpc) is 2.68. The standard InChI is InChI=1S/C13H22N2OS/c1-9(2)7-15-13(16)11(4)14-8-12-10(3)5-6-17-12/h5-6,9,11,14H,7-8H2,1-4H3,(H,15,16). The fourth-order valence-electron chi connectivity index (χ4n) is 1.38. The summed E-state index contributed by atoms with van der Waals surface area (Å²) in [4.78, 5) is 13.0. The zero-order chi connectivity index (χ0) is 12.8. The first-order valence-corrected chi connectivity index (χ1v) is 6.92. The number of rotatable bonds is 6. The normalized spacial score (nSPS) is 12.8. The van der Waals surface area contributed by atoms with Crippen molar-refractivity contribution < 1.29 is 4.79 Å². The van der Waals surface area contributed by atoms with Gasteiger partial charge < -0.3 is 10.6 Å². The molecule has 0 fully saturated rings. The van der Waals surface area contributed by atoms with Gasteiger partial charge in [-0.25, -0.2) is 0 Å². The van der Waals surface area contributed by atoms with Crippen molar-refractivity contribution >= 4 is 17.2 Å². The molecule has 0 bridgehead atoms. The summed E-state index contributed by atoms with van der Waals surface area (Å²) < 4.78 is 0. The lowest BCUT2D eigenvalue weighted by atomic mass is 10.2. The maximum Gasteiger partial charge on any atom is 0.236 e. The molecule has 0 spiro atoms. The van der Waals surface area contributed by atoms with Gasteiger partial charge in [0.1, 0.15) is 0 Å². The third-order valence-electron chi connectivity index (χ3n) is 2.61. The number of thiophene rings is 1. The first kappa shape index (κ1) is 14.2. The largest absolute Gasteiger partial charge is 0.354 e. The van der Waals surface area contributed by atoms with Gasteiger partial charge in [-0.1, -0.05) is 13.8 Å². The van der Waals surface area contributed by atoms with E-state index >= 15 is 0 Å². The van der Waals surface area contributed by atoms with Crippen LogP contribution in [-0.4, -0.2) is 18.5 Å². The Morgan fingerprint density at radius 1 is 1.41 bits per heavy atom. The molecule has 1 rings (SSSR count). The van der Waals surface area contributed by atoms with Crippen LogP contribution in [0.5, 0.6) is 0 Å². The van der Waals surface area contributed by atoms with Crippen molar-refractivity contribution in [3.63, 3.8) is 0 Å². The van der Waals surface area contributed by atoms with Crippen LogP contribution in [0.25, 0.3) is 0 Å². The summed E-state index contributed by atoms with van der Waals surface area (Å²) in [6, 6.07) is 1.96. The van der Waals surface area contributed by atoms with E-state index in [1.807, 2.05) is 6.92 Å². The van der Waals surface area contributed by atoms with Crippen LogP contribution in [0.4, 0.5) is 0 Å². The van der Waals surface area contributed by atoms with Crippen LogP contribution in [0, 0.1) is 12.8 Å². The Kier molecular flexibility index (Phi) is 5.65. The molecule has 0 aromatic carbocycles. The minimum Gasteiger partial charge on any atom is -0.354 e. The Bertz CT molecular complexity index is 360. The molecule has 1 aromatic rings.